The summed E-state index contributed by atoms with van der Waals surface area (Å²) < 4.78 is 32.8. The lowest BCUT2D eigenvalue weighted by molar-refractivity contribution is -0.116. The van der Waals surface area contributed by atoms with Crippen LogP contribution in [0, 0.1) is 11.8 Å². The Bertz CT molecular complexity index is 1080. The number of alkyl halides is 2. The molecule has 2 aromatic rings. The number of carbonyl (C=O) groups is 1. The van der Waals surface area contributed by atoms with E-state index in [2.05, 4.69) is 32.0 Å². The van der Waals surface area contributed by atoms with E-state index >= 15 is 0 Å². The number of likely N-dealkylation sites (tertiary alicyclic amines) is 1. The highest BCUT2D eigenvalue weighted by Gasteiger charge is 2.35. The Hall–Kier alpha value is -3.19. The van der Waals surface area contributed by atoms with Crippen molar-refractivity contribution in [2.75, 3.05) is 56.6 Å². The number of nitrogens with two attached hydrogens (primary N) is 1. The van der Waals surface area contributed by atoms with Crippen molar-refractivity contribution in [2.45, 2.75) is 31.6 Å². The smallest absolute Gasteiger partial charge is 0.251 e. The summed E-state index contributed by atoms with van der Waals surface area (Å²) in [6, 6.07) is 3.58. The minimum Gasteiger partial charge on any atom is -0.495 e. The van der Waals surface area contributed by atoms with E-state index in [1.165, 1.54) is 12.8 Å². The number of primary amides is 1. The summed E-state index contributed by atoms with van der Waals surface area (Å²) in [5, 5.41) is 3.56. The number of ether oxygens (including phenoxy) is 1. The first kappa shape index (κ1) is 23.0. The molecule has 1 aromatic heterocycles. The molecule has 4 rings (SSSR count). The van der Waals surface area contributed by atoms with Crippen LogP contribution in [0.1, 0.15) is 31.2 Å². The Labute approximate surface area is 191 Å². The zero-order valence-electron chi connectivity index (χ0n) is 18.7. The van der Waals surface area contributed by atoms with Gasteiger partial charge in [0.2, 0.25) is 11.9 Å². The molecule has 0 bridgehead atoms. The molecular weight excluding hydrogens is 430 g/mol. The predicted octanol–water partition coefficient (Wildman–Crippen LogP) is 2.22. The minimum atomic E-state index is -2.67. The van der Waals surface area contributed by atoms with Gasteiger partial charge in [0.15, 0.2) is 0 Å². The molecule has 3 N–H and O–H groups in total. The van der Waals surface area contributed by atoms with Gasteiger partial charge in [-0.25, -0.2) is 13.8 Å². The van der Waals surface area contributed by atoms with Crippen molar-refractivity contribution in [3.05, 3.63) is 17.7 Å². The number of carbonyl (C=O) groups excluding carboxylic acids is 1. The Morgan fingerprint density at radius 3 is 2.61 bits per heavy atom. The fourth-order valence-corrected chi connectivity index (χ4v) is 4.08. The van der Waals surface area contributed by atoms with Crippen LogP contribution in [0.3, 0.4) is 0 Å². The Morgan fingerprint density at radius 1 is 1.21 bits per heavy atom. The van der Waals surface area contributed by atoms with Gasteiger partial charge >= 0.3 is 0 Å². The highest BCUT2D eigenvalue weighted by Crippen LogP contribution is 2.33. The van der Waals surface area contributed by atoms with E-state index in [9.17, 15) is 13.6 Å². The van der Waals surface area contributed by atoms with Crippen molar-refractivity contribution in [3.8, 4) is 17.6 Å². The monoisotopic (exact) mass is 458 g/mol. The van der Waals surface area contributed by atoms with Gasteiger partial charge in [-0.1, -0.05) is 11.8 Å². The lowest BCUT2D eigenvalue weighted by Gasteiger charge is -2.32. The Morgan fingerprint density at radius 2 is 1.94 bits per heavy atom. The maximum absolute atomic E-state index is 13.6. The number of nitrogens with zero attached hydrogens (tertiary/aromatic N) is 4. The first-order valence-electron chi connectivity index (χ1n) is 11.1. The molecule has 2 fully saturated rings. The van der Waals surface area contributed by atoms with E-state index in [0.29, 0.717) is 40.5 Å². The molecule has 1 amide bonds. The van der Waals surface area contributed by atoms with E-state index in [-0.39, 0.29) is 32.5 Å². The minimum absolute atomic E-state index is 0.122. The Kier molecular flexibility index (Phi) is 6.79. The molecule has 1 aromatic carbocycles. The van der Waals surface area contributed by atoms with Crippen LogP contribution in [-0.4, -0.2) is 73.1 Å². The van der Waals surface area contributed by atoms with Gasteiger partial charge < -0.3 is 20.7 Å². The summed E-state index contributed by atoms with van der Waals surface area (Å²) in [7, 11) is 1.56. The van der Waals surface area contributed by atoms with Gasteiger partial charge in [0.1, 0.15) is 11.6 Å². The molecule has 3 heterocycles. The molecule has 8 nitrogen and oxygen atoms in total. The van der Waals surface area contributed by atoms with Gasteiger partial charge in [0.05, 0.1) is 31.3 Å². The third-order valence-electron chi connectivity index (χ3n) is 5.94. The number of aromatic nitrogens is 2. The first-order valence-corrected chi connectivity index (χ1v) is 11.1. The SMILES string of the molecule is COc1cc2c(NCC(N)=O)nc(N3CCC(F)(F)CC3)nc2cc1C#CCN1CCCC1. The molecule has 2 saturated heterocycles. The number of rotatable bonds is 6. The molecule has 0 radical (unpaired) electrons. The summed E-state index contributed by atoms with van der Waals surface area (Å²) >= 11 is 0. The molecule has 10 heteroatoms. The normalized spacial score (nSPS) is 18.1. The third-order valence-corrected chi connectivity index (χ3v) is 5.94. The van der Waals surface area contributed by atoms with Crippen LogP contribution in [0.5, 0.6) is 5.75 Å². The number of anilines is 2. The molecule has 0 spiro atoms. The maximum atomic E-state index is 13.6. The predicted molar refractivity (Wildman–Crippen MR) is 123 cm³/mol. The van der Waals surface area contributed by atoms with Crippen molar-refractivity contribution < 1.29 is 18.3 Å². The lowest BCUT2D eigenvalue weighted by Crippen LogP contribution is -2.40. The van der Waals surface area contributed by atoms with Crippen molar-refractivity contribution in [2.24, 2.45) is 5.73 Å². The molecule has 2 aliphatic heterocycles. The number of hydrogen-bond donors (Lipinski definition) is 2. The average Bonchev–Trinajstić information content (AvgIpc) is 3.30. The van der Waals surface area contributed by atoms with Crippen molar-refractivity contribution in [1.29, 1.82) is 0 Å². The molecule has 0 atom stereocenters. The molecule has 0 unspecified atom stereocenters. The van der Waals surface area contributed by atoms with Crippen molar-refractivity contribution in [1.82, 2.24) is 14.9 Å². The largest absolute Gasteiger partial charge is 0.495 e. The number of hydrogen-bond acceptors (Lipinski definition) is 7. The van der Waals surface area contributed by atoms with Crippen LogP contribution in [-0.2, 0) is 4.79 Å². The summed E-state index contributed by atoms with van der Waals surface area (Å²) in [6.07, 6.45) is 1.89. The van der Waals surface area contributed by atoms with Crippen LogP contribution < -0.4 is 20.7 Å². The second-order valence-electron chi connectivity index (χ2n) is 8.39. The summed E-state index contributed by atoms with van der Waals surface area (Å²) in [5.74, 6) is 4.44. The average molecular weight is 459 g/mol. The van der Waals surface area contributed by atoms with Gasteiger partial charge in [0.25, 0.3) is 5.92 Å². The van der Waals surface area contributed by atoms with Crippen molar-refractivity contribution in [3.63, 3.8) is 0 Å². The molecule has 2 aliphatic rings. The quantitative estimate of drug-likeness (QED) is 0.641. The van der Waals surface area contributed by atoms with Crippen LogP contribution in [0.2, 0.25) is 0 Å². The van der Waals surface area contributed by atoms with Gasteiger partial charge in [-0.3, -0.25) is 9.69 Å². The zero-order valence-corrected chi connectivity index (χ0v) is 18.7. The van der Waals surface area contributed by atoms with Crippen LogP contribution in [0.15, 0.2) is 12.1 Å². The van der Waals surface area contributed by atoms with E-state index in [0.717, 1.165) is 13.1 Å². The lowest BCUT2D eigenvalue weighted by atomic mass is 10.1. The van der Waals surface area contributed by atoms with E-state index in [4.69, 9.17) is 10.5 Å². The zero-order chi connectivity index (χ0) is 23.4. The summed E-state index contributed by atoms with van der Waals surface area (Å²) in [4.78, 5) is 24.5. The van der Waals surface area contributed by atoms with Gasteiger partial charge in [-0.15, -0.1) is 0 Å². The topological polar surface area (TPSA) is 96.6 Å². The number of nitrogens with one attached hydrogen (secondary N) is 1. The molecule has 33 heavy (non-hydrogen) atoms. The maximum Gasteiger partial charge on any atom is 0.251 e. The second-order valence-corrected chi connectivity index (χ2v) is 8.39. The fourth-order valence-electron chi connectivity index (χ4n) is 4.08. The van der Waals surface area contributed by atoms with Gasteiger partial charge in [-0.2, -0.15) is 4.98 Å². The molecule has 0 aliphatic carbocycles. The first-order chi connectivity index (χ1) is 15.8. The molecule has 0 saturated carbocycles. The highest BCUT2D eigenvalue weighted by molar-refractivity contribution is 5.94. The van der Waals surface area contributed by atoms with E-state index in [1.54, 1.807) is 18.1 Å². The summed E-state index contributed by atoms with van der Waals surface area (Å²) in [6.45, 7) is 2.97. The third kappa shape index (κ3) is 5.60. The van der Waals surface area contributed by atoms with Crippen LogP contribution in [0.25, 0.3) is 10.9 Å². The Balaban J connectivity index is 1.70. The number of benzene rings is 1. The van der Waals surface area contributed by atoms with Gasteiger partial charge in [-0.05, 0) is 38.1 Å². The van der Waals surface area contributed by atoms with Crippen LogP contribution in [0.4, 0.5) is 20.5 Å². The van der Waals surface area contributed by atoms with E-state index < -0.39 is 11.8 Å². The number of fused-ring (bicyclic) bond motifs is 1. The summed E-state index contributed by atoms with van der Waals surface area (Å²) in [5.41, 5.74) is 6.56. The molecular formula is C23H28F2N6O2. The highest BCUT2D eigenvalue weighted by atomic mass is 19.3. The second kappa shape index (κ2) is 9.75. The standard InChI is InChI=1S/C23H28F2N6O2/c1-33-19-14-17-18(13-16(19)5-4-10-30-8-2-3-9-30)28-22(29-21(17)27-15-20(26)32)31-11-6-23(24,25)7-12-31/h13-14H,2-3,6-12,15H2,1H3,(H2,26,32)(H,27,28,29). The van der Waals surface area contributed by atoms with E-state index in [1.807, 2.05) is 6.07 Å². The fraction of sp³-hybridized carbons (Fsp3) is 0.522. The molecule has 176 valence electrons. The van der Waals surface area contributed by atoms with Gasteiger partial charge in [0, 0.05) is 31.3 Å². The van der Waals surface area contributed by atoms with Crippen molar-refractivity contribution >= 4 is 28.6 Å². The number of methoxy groups -OCH3 is 1. The number of piperidine rings is 1. The number of halogens is 2. The van der Waals surface area contributed by atoms with Crippen LogP contribution >= 0.6 is 0 Å². The number of amides is 1.